The maximum absolute atomic E-state index is 12.4. The number of hydrogen-bond acceptors (Lipinski definition) is 6. The highest BCUT2D eigenvalue weighted by molar-refractivity contribution is 6.31. The molecule has 3 N–H and O–H groups in total. The lowest BCUT2D eigenvalue weighted by Crippen LogP contribution is -2.50. The topological polar surface area (TPSA) is 106 Å². The Kier molecular flexibility index (Phi) is 17.2. The van der Waals surface area contributed by atoms with Crippen LogP contribution in [0.2, 0.25) is 20.1 Å². The highest BCUT2D eigenvalue weighted by Crippen LogP contribution is 2.23. The second-order valence-electron chi connectivity index (χ2n) is 14.6. The highest BCUT2D eigenvalue weighted by Gasteiger charge is 2.28. The fourth-order valence-electron chi connectivity index (χ4n) is 6.16. The van der Waals surface area contributed by atoms with Gasteiger partial charge in [-0.2, -0.15) is 0 Å². The number of carbonyl (C=O) groups excluding carboxylic acids is 3. The Labute approximate surface area is 344 Å². The lowest BCUT2D eigenvalue weighted by molar-refractivity contribution is -0.143. The molecule has 2 amide bonds. The zero-order valence-electron chi connectivity index (χ0n) is 31.5. The molecule has 0 spiro atoms. The van der Waals surface area contributed by atoms with Gasteiger partial charge in [0.2, 0.25) is 5.91 Å². The molecular weight excluding hydrogens is 780 g/mol. The van der Waals surface area contributed by atoms with Gasteiger partial charge in [-0.1, -0.05) is 94.9 Å². The predicted molar refractivity (Wildman–Crippen MR) is 222 cm³/mol. The number of piperidine rings is 1. The molecule has 4 aromatic carbocycles. The van der Waals surface area contributed by atoms with E-state index in [4.69, 9.17) is 55.9 Å². The smallest absolute Gasteiger partial charge is 0.407 e. The van der Waals surface area contributed by atoms with Crippen molar-refractivity contribution in [2.24, 2.45) is 5.92 Å². The van der Waals surface area contributed by atoms with Gasteiger partial charge >= 0.3 is 12.1 Å². The number of nitrogens with one attached hydrogen (secondary N) is 3. The maximum Gasteiger partial charge on any atom is 0.407 e. The molecule has 1 aliphatic heterocycles. The van der Waals surface area contributed by atoms with Crippen LogP contribution >= 0.6 is 46.4 Å². The number of ether oxygens (including phenoxy) is 2. The first kappa shape index (κ1) is 43.9. The molecule has 0 saturated carbocycles. The van der Waals surface area contributed by atoms with Crippen LogP contribution in [0.1, 0.15) is 55.9 Å². The summed E-state index contributed by atoms with van der Waals surface area (Å²) in [6, 6.07) is 29.5. The molecule has 1 fully saturated rings. The second-order valence-corrected chi connectivity index (χ2v) is 16.4. The maximum atomic E-state index is 12.4. The number of hydrogen-bond donors (Lipinski definition) is 3. The summed E-state index contributed by atoms with van der Waals surface area (Å²) >= 11 is 23.7. The van der Waals surface area contributed by atoms with Gasteiger partial charge in [0.05, 0.1) is 7.11 Å². The minimum Gasteiger partial charge on any atom is -0.468 e. The van der Waals surface area contributed by atoms with Crippen LogP contribution in [0.25, 0.3) is 0 Å². The summed E-state index contributed by atoms with van der Waals surface area (Å²) < 4.78 is 10.4. The summed E-state index contributed by atoms with van der Waals surface area (Å²) in [6.07, 6.45) is 3.99. The van der Waals surface area contributed by atoms with Crippen molar-refractivity contribution in [2.45, 2.75) is 83.0 Å². The first-order valence-corrected chi connectivity index (χ1v) is 19.8. The lowest BCUT2D eigenvalue weighted by atomic mass is 9.87. The van der Waals surface area contributed by atoms with Gasteiger partial charge in [0.15, 0.2) is 0 Å². The number of carbonyl (C=O) groups is 3. The molecule has 4 aromatic rings. The van der Waals surface area contributed by atoms with Crippen molar-refractivity contribution in [3.05, 3.63) is 139 Å². The fourth-order valence-corrected chi connectivity index (χ4v) is 6.66. The average molecular weight is 830 g/mol. The van der Waals surface area contributed by atoms with Crippen LogP contribution < -0.4 is 16.0 Å². The summed E-state index contributed by atoms with van der Waals surface area (Å²) in [5, 5.41) is 12.0. The van der Waals surface area contributed by atoms with Crippen molar-refractivity contribution in [2.75, 3.05) is 13.7 Å². The molecule has 55 heavy (non-hydrogen) atoms. The van der Waals surface area contributed by atoms with Crippen molar-refractivity contribution in [3.8, 4) is 0 Å². The third-order valence-corrected chi connectivity index (χ3v) is 9.95. The Morgan fingerprint density at radius 2 is 1.16 bits per heavy atom. The largest absolute Gasteiger partial charge is 0.468 e. The van der Waals surface area contributed by atoms with Gasteiger partial charge in [0.1, 0.15) is 11.6 Å². The second kappa shape index (κ2) is 21.5. The molecule has 2 unspecified atom stereocenters. The molecule has 8 nitrogen and oxygen atoms in total. The molecule has 12 heteroatoms. The standard InChI is InChI=1S/C24H30Cl2N2O4.C19H19Cl2NO/c1-24(2,3)32-23(30)28-20(13-16-5-9-18(25)10-6-16)15-27-21(22(29)31-4)14-17-7-11-19(26)12-8-17;20-16-6-1-13(2-7-16)11-15-5-10-18(22-19(15)23)12-14-3-8-17(21)9-4-14/h5-12,20-21,27H,13-15H2,1-4H3,(H,28,30);1-4,6-9,15,18H,5,10-12H2,(H,22,23)/t20?,21-;15-,18?/m00/s1. The van der Waals surface area contributed by atoms with E-state index in [0.29, 0.717) is 29.4 Å². The Hall–Kier alpha value is -3.79. The van der Waals surface area contributed by atoms with Gasteiger partial charge in [-0.15, -0.1) is 0 Å². The van der Waals surface area contributed by atoms with Gasteiger partial charge < -0.3 is 25.4 Å². The van der Waals surface area contributed by atoms with Crippen LogP contribution in [0.3, 0.4) is 0 Å². The molecule has 0 aliphatic carbocycles. The molecule has 0 bridgehead atoms. The van der Waals surface area contributed by atoms with Crippen molar-refractivity contribution in [1.82, 2.24) is 16.0 Å². The van der Waals surface area contributed by atoms with Crippen LogP contribution in [-0.4, -0.2) is 55.4 Å². The quantitative estimate of drug-likeness (QED) is 0.116. The van der Waals surface area contributed by atoms with Gasteiger partial charge in [-0.05, 0) is 130 Å². The van der Waals surface area contributed by atoms with E-state index >= 15 is 0 Å². The van der Waals surface area contributed by atoms with Gasteiger partial charge in [-0.3, -0.25) is 9.59 Å². The fraction of sp³-hybridized carbons (Fsp3) is 0.372. The molecule has 294 valence electrons. The van der Waals surface area contributed by atoms with Gasteiger partial charge in [0, 0.05) is 44.6 Å². The third-order valence-electron chi connectivity index (χ3n) is 8.94. The number of methoxy groups -OCH3 is 1. The molecular formula is C43H49Cl4N3O5. The summed E-state index contributed by atoms with van der Waals surface area (Å²) in [4.78, 5) is 37.1. The van der Waals surface area contributed by atoms with E-state index in [0.717, 1.165) is 52.4 Å². The minimum atomic E-state index is -0.620. The lowest BCUT2D eigenvalue weighted by Gasteiger charge is -2.29. The number of alkyl carbamates (subject to hydrolysis) is 1. The van der Waals surface area contributed by atoms with E-state index in [1.54, 1.807) is 45.0 Å². The normalized spacial score (nSPS) is 16.5. The van der Waals surface area contributed by atoms with E-state index in [9.17, 15) is 14.4 Å². The Morgan fingerprint density at radius 3 is 1.62 bits per heavy atom. The molecule has 5 rings (SSSR count). The van der Waals surface area contributed by atoms with Crippen molar-refractivity contribution >= 4 is 64.4 Å². The van der Waals surface area contributed by atoms with Crippen LogP contribution in [-0.2, 0) is 44.7 Å². The highest BCUT2D eigenvalue weighted by atomic mass is 35.5. The number of benzene rings is 4. The molecule has 1 saturated heterocycles. The van der Waals surface area contributed by atoms with E-state index in [1.165, 1.54) is 12.7 Å². The monoisotopic (exact) mass is 827 g/mol. The number of halogens is 4. The number of amides is 2. The minimum absolute atomic E-state index is 0.0534. The summed E-state index contributed by atoms with van der Waals surface area (Å²) in [6.45, 7) is 5.74. The molecule has 0 radical (unpaired) electrons. The average Bonchev–Trinajstić information content (AvgIpc) is 3.14. The van der Waals surface area contributed by atoms with Crippen LogP contribution in [0.5, 0.6) is 0 Å². The Morgan fingerprint density at radius 1 is 0.709 bits per heavy atom. The van der Waals surface area contributed by atoms with Gasteiger partial charge in [-0.25, -0.2) is 4.79 Å². The van der Waals surface area contributed by atoms with Crippen LogP contribution in [0.4, 0.5) is 4.79 Å². The summed E-state index contributed by atoms with van der Waals surface area (Å²) in [5.74, 6) is -0.176. The van der Waals surface area contributed by atoms with Crippen LogP contribution in [0, 0.1) is 5.92 Å². The molecule has 4 atom stereocenters. The van der Waals surface area contributed by atoms with Crippen molar-refractivity contribution in [3.63, 3.8) is 0 Å². The Balaban J connectivity index is 0.000000257. The van der Waals surface area contributed by atoms with E-state index in [-0.39, 0.29) is 29.9 Å². The van der Waals surface area contributed by atoms with E-state index in [2.05, 4.69) is 16.0 Å². The predicted octanol–water partition coefficient (Wildman–Crippen LogP) is 9.48. The van der Waals surface area contributed by atoms with Crippen molar-refractivity contribution in [1.29, 1.82) is 0 Å². The first-order chi connectivity index (χ1) is 26.1. The number of esters is 1. The van der Waals surface area contributed by atoms with Crippen molar-refractivity contribution < 1.29 is 23.9 Å². The number of rotatable bonds is 13. The Bertz CT molecular complexity index is 1820. The van der Waals surface area contributed by atoms with Crippen LogP contribution in [0.15, 0.2) is 97.1 Å². The van der Waals surface area contributed by atoms with E-state index < -0.39 is 17.7 Å². The third kappa shape index (κ3) is 16.1. The molecule has 1 heterocycles. The zero-order valence-corrected chi connectivity index (χ0v) is 34.6. The van der Waals surface area contributed by atoms with Gasteiger partial charge in [0.25, 0.3) is 0 Å². The molecule has 0 aromatic heterocycles. The summed E-state index contributed by atoms with van der Waals surface area (Å²) in [5.41, 5.74) is 3.67. The van der Waals surface area contributed by atoms with E-state index in [1.807, 2.05) is 72.8 Å². The first-order valence-electron chi connectivity index (χ1n) is 18.2. The summed E-state index contributed by atoms with van der Waals surface area (Å²) in [7, 11) is 1.35. The SMILES string of the molecule is COC(=O)[C@H](Cc1ccc(Cl)cc1)NCC(Cc1ccc(Cl)cc1)NC(=O)OC(C)(C)C.O=C1NC(Cc2ccc(Cl)cc2)CC[C@H]1Cc1ccc(Cl)cc1. The molecule has 1 aliphatic rings. The zero-order chi connectivity index (χ0) is 40.0.